The molecule has 1 aromatic heterocycles. The van der Waals surface area contributed by atoms with Gasteiger partial charge in [-0.1, -0.05) is 25.4 Å². The van der Waals surface area contributed by atoms with E-state index in [0.717, 1.165) is 12.8 Å². The Balaban J connectivity index is 1.96. The number of nitrogens with one attached hydrogen (secondary N) is 1. The summed E-state index contributed by atoms with van der Waals surface area (Å²) < 4.78 is 29.8. The van der Waals surface area contributed by atoms with E-state index in [-0.39, 0.29) is 41.3 Å². The summed E-state index contributed by atoms with van der Waals surface area (Å²) in [5.41, 5.74) is 1.09. The van der Waals surface area contributed by atoms with E-state index in [1.807, 2.05) is 13.8 Å². The zero-order valence-electron chi connectivity index (χ0n) is 16.3. The zero-order valence-corrected chi connectivity index (χ0v) is 17.8. The fourth-order valence-electron chi connectivity index (χ4n) is 3.03. The number of esters is 1. The van der Waals surface area contributed by atoms with E-state index in [4.69, 9.17) is 16.3 Å². The summed E-state index contributed by atoms with van der Waals surface area (Å²) in [5.74, 6) is -0.903. The molecule has 1 N–H and O–H groups in total. The van der Waals surface area contributed by atoms with Crippen molar-refractivity contribution in [1.29, 1.82) is 0 Å². The minimum Gasteiger partial charge on any atom is -0.452 e. The molecule has 2 rings (SSSR count). The maximum Gasteiger partial charge on any atom is 0.331 e. The lowest BCUT2D eigenvalue weighted by Gasteiger charge is -2.14. The number of nitrogens with zero attached hydrogens (tertiary/aromatic N) is 2. The number of aromatic nitrogens is 2. The lowest BCUT2D eigenvalue weighted by atomic mass is 10.2. The van der Waals surface area contributed by atoms with Crippen molar-refractivity contribution in [2.75, 3.05) is 18.1 Å². The van der Waals surface area contributed by atoms with Crippen LogP contribution in [-0.2, 0) is 24.2 Å². The predicted molar refractivity (Wildman–Crippen MR) is 107 cm³/mol. The first-order chi connectivity index (χ1) is 13.2. The zero-order chi connectivity index (χ0) is 20.9. The van der Waals surface area contributed by atoms with Crippen LogP contribution in [0.25, 0.3) is 6.08 Å². The Bertz CT molecular complexity index is 859. The summed E-state index contributed by atoms with van der Waals surface area (Å²) >= 11 is 6.34. The molecule has 1 atom stereocenters. The monoisotopic (exact) mass is 431 g/mol. The number of rotatable bonds is 8. The van der Waals surface area contributed by atoms with Crippen molar-refractivity contribution in [3.8, 4) is 0 Å². The van der Waals surface area contributed by atoms with Gasteiger partial charge >= 0.3 is 5.97 Å². The Kier molecular flexibility index (Phi) is 7.65. The van der Waals surface area contributed by atoms with E-state index in [0.29, 0.717) is 17.7 Å². The maximum absolute atomic E-state index is 11.9. The van der Waals surface area contributed by atoms with Crippen molar-refractivity contribution in [3.05, 3.63) is 22.5 Å². The average Bonchev–Trinajstić information content (AvgIpc) is 3.14. The van der Waals surface area contributed by atoms with Gasteiger partial charge in [0.1, 0.15) is 5.15 Å². The molecule has 1 aromatic rings. The number of carbonyl (C=O) groups excluding carboxylic acids is 2. The molecule has 10 heteroatoms. The molecule has 0 aliphatic carbocycles. The van der Waals surface area contributed by atoms with Crippen LogP contribution in [-0.4, -0.2) is 54.2 Å². The summed E-state index contributed by atoms with van der Waals surface area (Å²) in [7, 11) is -3.07. The molecule has 1 saturated heterocycles. The van der Waals surface area contributed by atoms with Gasteiger partial charge in [-0.3, -0.25) is 4.79 Å². The highest BCUT2D eigenvalue weighted by atomic mass is 35.5. The third kappa shape index (κ3) is 5.81. The highest BCUT2D eigenvalue weighted by molar-refractivity contribution is 7.91. The van der Waals surface area contributed by atoms with Crippen LogP contribution in [0.4, 0.5) is 0 Å². The van der Waals surface area contributed by atoms with Gasteiger partial charge in [-0.25, -0.2) is 17.9 Å². The maximum atomic E-state index is 11.9. The van der Waals surface area contributed by atoms with Crippen molar-refractivity contribution < 1.29 is 22.7 Å². The number of carbonyl (C=O) groups is 2. The number of aryl methyl sites for hydroxylation is 1. The standard InChI is InChI=1S/C18H26ClN3O5S/c1-4-13(5-2)20-16(23)10-27-17(24)7-6-15-12(3)21-22(18(15)19)14-8-9-28(25,26)11-14/h6-7,13-14H,4-5,8-11H2,1-3H3,(H,20,23)/b7-6+/t14-/m1/s1. The van der Waals surface area contributed by atoms with E-state index in [1.54, 1.807) is 6.92 Å². The van der Waals surface area contributed by atoms with Crippen molar-refractivity contribution in [2.45, 2.75) is 52.1 Å². The highest BCUT2D eigenvalue weighted by Crippen LogP contribution is 2.30. The Morgan fingerprint density at radius 3 is 2.64 bits per heavy atom. The Morgan fingerprint density at radius 2 is 2.07 bits per heavy atom. The van der Waals surface area contributed by atoms with E-state index in [1.165, 1.54) is 16.8 Å². The normalized spacial score (nSPS) is 18.7. The molecule has 2 heterocycles. The van der Waals surface area contributed by atoms with E-state index >= 15 is 0 Å². The van der Waals surface area contributed by atoms with Gasteiger partial charge in [0.25, 0.3) is 5.91 Å². The molecule has 0 aromatic carbocycles. The third-order valence-electron chi connectivity index (χ3n) is 4.71. The van der Waals surface area contributed by atoms with Crippen molar-refractivity contribution in [3.63, 3.8) is 0 Å². The third-order valence-corrected chi connectivity index (χ3v) is 6.83. The van der Waals surface area contributed by atoms with Gasteiger partial charge in [0.05, 0.1) is 23.2 Å². The lowest BCUT2D eigenvalue weighted by molar-refractivity contribution is -0.144. The molecule has 0 spiro atoms. The van der Waals surface area contributed by atoms with Crippen molar-refractivity contribution >= 4 is 39.4 Å². The molecule has 1 aliphatic rings. The number of hydrogen-bond donors (Lipinski definition) is 1. The lowest BCUT2D eigenvalue weighted by Crippen LogP contribution is -2.36. The summed E-state index contributed by atoms with van der Waals surface area (Å²) in [5, 5.41) is 7.37. The number of hydrogen-bond acceptors (Lipinski definition) is 6. The smallest absolute Gasteiger partial charge is 0.331 e. The molecule has 0 unspecified atom stereocenters. The summed E-state index contributed by atoms with van der Waals surface area (Å²) in [6.07, 6.45) is 4.71. The van der Waals surface area contributed by atoms with Crippen LogP contribution in [0, 0.1) is 6.92 Å². The number of amides is 1. The van der Waals surface area contributed by atoms with Crippen LogP contribution in [0.15, 0.2) is 6.08 Å². The molecule has 0 bridgehead atoms. The second-order valence-electron chi connectivity index (χ2n) is 6.81. The van der Waals surface area contributed by atoms with Crippen LogP contribution < -0.4 is 5.32 Å². The Morgan fingerprint density at radius 1 is 1.39 bits per heavy atom. The minimum atomic E-state index is -3.07. The molecular weight excluding hydrogens is 406 g/mol. The summed E-state index contributed by atoms with van der Waals surface area (Å²) in [6, 6.07) is -0.243. The number of ether oxygens (including phenoxy) is 1. The Hall–Kier alpha value is -1.87. The van der Waals surface area contributed by atoms with Crippen molar-refractivity contribution in [2.24, 2.45) is 0 Å². The molecule has 0 saturated carbocycles. The molecule has 8 nitrogen and oxygen atoms in total. The van der Waals surface area contributed by atoms with Crippen LogP contribution in [0.3, 0.4) is 0 Å². The fraction of sp³-hybridized carbons (Fsp3) is 0.611. The van der Waals surface area contributed by atoms with Gasteiger partial charge in [0.2, 0.25) is 0 Å². The Labute approximate surface area is 170 Å². The first-order valence-electron chi connectivity index (χ1n) is 9.26. The number of halogens is 1. The van der Waals surface area contributed by atoms with Crippen molar-refractivity contribution in [1.82, 2.24) is 15.1 Å². The summed E-state index contributed by atoms with van der Waals surface area (Å²) in [6.45, 7) is 5.30. The molecule has 1 fully saturated rings. The quantitative estimate of drug-likeness (QED) is 0.498. The summed E-state index contributed by atoms with van der Waals surface area (Å²) in [4.78, 5) is 23.6. The van der Waals surface area contributed by atoms with Crippen LogP contribution in [0.1, 0.15) is 50.4 Å². The van der Waals surface area contributed by atoms with Gasteiger partial charge < -0.3 is 10.1 Å². The minimum absolute atomic E-state index is 0.00462. The van der Waals surface area contributed by atoms with Gasteiger partial charge in [-0.2, -0.15) is 5.10 Å². The molecular formula is C18H26ClN3O5S. The predicted octanol–water partition coefficient (Wildman–Crippen LogP) is 2.07. The SMILES string of the molecule is CCC(CC)NC(=O)COC(=O)/C=C/c1c(C)nn([C@@H]2CCS(=O)(=O)C2)c1Cl. The van der Waals surface area contributed by atoms with Gasteiger partial charge in [0, 0.05) is 17.7 Å². The molecule has 1 amide bonds. The molecule has 28 heavy (non-hydrogen) atoms. The fourth-order valence-corrected chi connectivity index (χ4v) is 5.10. The topological polar surface area (TPSA) is 107 Å². The van der Waals surface area contributed by atoms with Crippen LogP contribution >= 0.6 is 11.6 Å². The second-order valence-corrected chi connectivity index (χ2v) is 9.40. The van der Waals surface area contributed by atoms with Gasteiger partial charge in [-0.15, -0.1) is 0 Å². The second kappa shape index (κ2) is 9.56. The first kappa shape index (κ1) is 22.4. The van der Waals surface area contributed by atoms with Crippen LogP contribution in [0.2, 0.25) is 5.15 Å². The largest absolute Gasteiger partial charge is 0.452 e. The van der Waals surface area contributed by atoms with E-state index < -0.39 is 15.8 Å². The van der Waals surface area contributed by atoms with E-state index in [9.17, 15) is 18.0 Å². The molecule has 156 valence electrons. The molecule has 1 aliphatic heterocycles. The van der Waals surface area contributed by atoms with Gasteiger partial charge in [0.15, 0.2) is 16.4 Å². The van der Waals surface area contributed by atoms with E-state index in [2.05, 4.69) is 10.4 Å². The average molecular weight is 432 g/mol. The van der Waals surface area contributed by atoms with Crippen LogP contribution in [0.5, 0.6) is 0 Å². The highest BCUT2D eigenvalue weighted by Gasteiger charge is 2.31. The number of sulfone groups is 1. The van der Waals surface area contributed by atoms with Gasteiger partial charge in [-0.05, 0) is 32.3 Å². The first-order valence-corrected chi connectivity index (χ1v) is 11.5. The molecule has 0 radical (unpaired) electrons.